The maximum Gasteiger partial charge on any atom is 0.122 e. The van der Waals surface area contributed by atoms with Gasteiger partial charge in [0, 0.05) is 18.5 Å². The molecule has 1 aromatic rings. The standard InChI is InChI=1S/C17H25NO2/c1-5-7-8-9-17(18-10-6-2)14-11-15(19-3)13-16(12-14)20-4/h11-13,17-18H,6,8-10H2,1-4H3. The first-order valence-corrected chi connectivity index (χ1v) is 7.11. The molecule has 1 rings (SSSR count). The van der Waals surface area contributed by atoms with E-state index in [2.05, 4.69) is 36.2 Å². The Balaban J connectivity index is 2.93. The van der Waals surface area contributed by atoms with Crippen LogP contribution in [0.3, 0.4) is 0 Å². The highest BCUT2D eigenvalue weighted by Gasteiger charge is 2.12. The van der Waals surface area contributed by atoms with Crippen LogP contribution in [0.2, 0.25) is 0 Å². The summed E-state index contributed by atoms with van der Waals surface area (Å²) in [5.41, 5.74) is 1.19. The third-order valence-electron chi connectivity index (χ3n) is 3.15. The van der Waals surface area contributed by atoms with E-state index in [1.165, 1.54) is 5.56 Å². The lowest BCUT2D eigenvalue weighted by atomic mass is 10.0. The van der Waals surface area contributed by atoms with Gasteiger partial charge in [-0.05, 0) is 44.0 Å². The van der Waals surface area contributed by atoms with Crippen molar-refractivity contribution in [1.29, 1.82) is 0 Å². The van der Waals surface area contributed by atoms with Gasteiger partial charge in [0.25, 0.3) is 0 Å². The van der Waals surface area contributed by atoms with Crippen LogP contribution in [0.5, 0.6) is 11.5 Å². The molecule has 0 aromatic heterocycles. The summed E-state index contributed by atoms with van der Waals surface area (Å²) >= 11 is 0. The average Bonchev–Trinajstić information content (AvgIpc) is 2.50. The number of benzene rings is 1. The second kappa shape index (κ2) is 9.28. The number of rotatable bonds is 8. The summed E-state index contributed by atoms with van der Waals surface area (Å²) in [6.45, 7) is 5.04. The monoisotopic (exact) mass is 275 g/mol. The third kappa shape index (κ3) is 5.14. The van der Waals surface area contributed by atoms with Crippen LogP contribution in [0.1, 0.15) is 44.7 Å². The van der Waals surface area contributed by atoms with Gasteiger partial charge in [-0.2, -0.15) is 0 Å². The summed E-state index contributed by atoms with van der Waals surface area (Å²) in [6.07, 6.45) is 2.98. The molecule has 0 fully saturated rings. The van der Waals surface area contributed by atoms with E-state index in [4.69, 9.17) is 9.47 Å². The SMILES string of the molecule is CC#CCCC(NCCC)c1cc(OC)cc(OC)c1. The zero-order valence-corrected chi connectivity index (χ0v) is 13.0. The van der Waals surface area contributed by atoms with Crippen LogP contribution in [0, 0.1) is 11.8 Å². The molecule has 1 N–H and O–H groups in total. The number of hydrogen-bond donors (Lipinski definition) is 1. The minimum atomic E-state index is 0.278. The molecule has 0 spiro atoms. The van der Waals surface area contributed by atoms with Crippen LogP contribution >= 0.6 is 0 Å². The lowest BCUT2D eigenvalue weighted by molar-refractivity contribution is 0.390. The van der Waals surface area contributed by atoms with E-state index in [0.29, 0.717) is 0 Å². The molecule has 0 aliphatic rings. The molecule has 3 heteroatoms. The topological polar surface area (TPSA) is 30.5 Å². The predicted molar refractivity (Wildman–Crippen MR) is 83.3 cm³/mol. The van der Waals surface area contributed by atoms with Gasteiger partial charge in [0.2, 0.25) is 0 Å². The predicted octanol–water partition coefficient (Wildman–Crippen LogP) is 3.55. The average molecular weight is 275 g/mol. The number of hydrogen-bond acceptors (Lipinski definition) is 3. The molecule has 1 unspecified atom stereocenters. The van der Waals surface area contributed by atoms with Crippen LogP contribution in [0.25, 0.3) is 0 Å². The summed E-state index contributed by atoms with van der Waals surface area (Å²) in [5, 5.41) is 3.57. The zero-order valence-electron chi connectivity index (χ0n) is 13.0. The Morgan fingerprint density at radius 3 is 2.30 bits per heavy atom. The first-order chi connectivity index (χ1) is 9.74. The van der Waals surface area contributed by atoms with Gasteiger partial charge in [-0.1, -0.05) is 6.92 Å². The van der Waals surface area contributed by atoms with Gasteiger partial charge < -0.3 is 14.8 Å². The van der Waals surface area contributed by atoms with Gasteiger partial charge in [-0.3, -0.25) is 0 Å². The molecule has 0 heterocycles. The largest absolute Gasteiger partial charge is 0.497 e. The quantitative estimate of drug-likeness (QED) is 0.736. The molecule has 3 nitrogen and oxygen atoms in total. The van der Waals surface area contributed by atoms with Gasteiger partial charge in [-0.15, -0.1) is 11.8 Å². The Hall–Kier alpha value is -1.66. The minimum Gasteiger partial charge on any atom is -0.497 e. The Morgan fingerprint density at radius 2 is 1.80 bits per heavy atom. The Bertz CT molecular complexity index is 438. The van der Waals surface area contributed by atoms with Crippen molar-refractivity contribution in [3.05, 3.63) is 23.8 Å². The van der Waals surface area contributed by atoms with E-state index in [1.807, 2.05) is 13.0 Å². The Morgan fingerprint density at radius 1 is 1.15 bits per heavy atom. The van der Waals surface area contributed by atoms with Gasteiger partial charge in [0.1, 0.15) is 11.5 Å². The molecule has 20 heavy (non-hydrogen) atoms. The lowest BCUT2D eigenvalue weighted by Crippen LogP contribution is -2.22. The summed E-state index contributed by atoms with van der Waals surface area (Å²) < 4.78 is 10.7. The van der Waals surface area contributed by atoms with Crippen molar-refractivity contribution in [3.63, 3.8) is 0 Å². The van der Waals surface area contributed by atoms with Crippen molar-refractivity contribution in [1.82, 2.24) is 5.32 Å². The van der Waals surface area contributed by atoms with E-state index >= 15 is 0 Å². The minimum absolute atomic E-state index is 0.278. The van der Waals surface area contributed by atoms with Crippen LogP contribution in [0.4, 0.5) is 0 Å². The lowest BCUT2D eigenvalue weighted by Gasteiger charge is -2.19. The second-order valence-electron chi connectivity index (χ2n) is 4.62. The Kier molecular flexibility index (Phi) is 7.60. The van der Waals surface area contributed by atoms with Crippen LogP contribution in [-0.4, -0.2) is 20.8 Å². The molecule has 0 amide bonds. The van der Waals surface area contributed by atoms with E-state index in [9.17, 15) is 0 Å². The van der Waals surface area contributed by atoms with Gasteiger partial charge in [-0.25, -0.2) is 0 Å². The van der Waals surface area contributed by atoms with E-state index in [0.717, 1.165) is 37.3 Å². The summed E-state index contributed by atoms with van der Waals surface area (Å²) in [5.74, 6) is 7.72. The van der Waals surface area contributed by atoms with Crippen LogP contribution in [0.15, 0.2) is 18.2 Å². The van der Waals surface area contributed by atoms with Crippen LogP contribution < -0.4 is 14.8 Å². The van der Waals surface area contributed by atoms with Crippen molar-refractivity contribution in [2.75, 3.05) is 20.8 Å². The normalized spacial score (nSPS) is 11.4. The fraction of sp³-hybridized carbons (Fsp3) is 0.529. The fourth-order valence-corrected chi connectivity index (χ4v) is 2.08. The molecule has 110 valence electrons. The summed E-state index contributed by atoms with van der Waals surface area (Å²) in [6, 6.07) is 6.30. The summed E-state index contributed by atoms with van der Waals surface area (Å²) in [4.78, 5) is 0. The summed E-state index contributed by atoms with van der Waals surface area (Å²) in [7, 11) is 3.35. The van der Waals surface area contributed by atoms with Gasteiger partial charge in [0.05, 0.1) is 14.2 Å². The van der Waals surface area contributed by atoms with Crippen LogP contribution in [-0.2, 0) is 0 Å². The molecule has 1 aromatic carbocycles. The molecular weight excluding hydrogens is 250 g/mol. The molecule has 0 aliphatic carbocycles. The molecule has 0 radical (unpaired) electrons. The maximum absolute atomic E-state index is 5.34. The van der Waals surface area contributed by atoms with E-state index < -0.39 is 0 Å². The number of methoxy groups -OCH3 is 2. The number of nitrogens with one attached hydrogen (secondary N) is 1. The first-order valence-electron chi connectivity index (χ1n) is 7.11. The van der Waals surface area contributed by atoms with Gasteiger partial charge in [0.15, 0.2) is 0 Å². The highest BCUT2D eigenvalue weighted by molar-refractivity contribution is 5.39. The molecule has 1 atom stereocenters. The third-order valence-corrected chi connectivity index (χ3v) is 3.15. The van der Waals surface area contributed by atoms with Crippen molar-refractivity contribution in [2.24, 2.45) is 0 Å². The van der Waals surface area contributed by atoms with Crippen molar-refractivity contribution in [2.45, 2.75) is 39.2 Å². The van der Waals surface area contributed by atoms with Crippen molar-refractivity contribution in [3.8, 4) is 23.3 Å². The second-order valence-corrected chi connectivity index (χ2v) is 4.62. The number of ether oxygens (including phenoxy) is 2. The Labute approximate surface area is 122 Å². The molecule has 0 saturated carbocycles. The molecule has 0 saturated heterocycles. The maximum atomic E-state index is 5.34. The van der Waals surface area contributed by atoms with E-state index in [1.54, 1.807) is 14.2 Å². The smallest absolute Gasteiger partial charge is 0.122 e. The van der Waals surface area contributed by atoms with Crippen molar-refractivity contribution >= 4 is 0 Å². The zero-order chi connectivity index (χ0) is 14.8. The van der Waals surface area contributed by atoms with Gasteiger partial charge >= 0.3 is 0 Å². The molecular formula is C17H25NO2. The highest BCUT2D eigenvalue weighted by atomic mass is 16.5. The molecule has 0 aliphatic heterocycles. The molecule has 0 bridgehead atoms. The fourth-order valence-electron chi connectivity index (χ4n) is 2.08. The first kappa shape index (κ1) is 16.4. The highest BCUT2D eigenvalue weighted by Crippen LogP contribution is 2.28. The van der Waals surface area contributed by atoms with E-state index in [-0.39, 0.29) is 6.04 Å². The van der Waals surface area contributed by atoms with Crippen molar-refractivity contribution < 1.29 is 9.47 Å².